The van der Waals surface area contributed by atoms with Gasteiger partial charge in [-0.15, -0.1) is 0 Å². The molecule has 1 atom stereocenters. The van der Waals surface area contributed by atoms with Gasteiger partial charge in [-0.3, -0.25) is 0 Å². The van der Waals surface area contributed by atoms with Crippen molar-refractivity contribution in [1.82, 2.24) is 0 Å². The fourth-order valence-corrected chi connectivity index (χ4v) is 11.2. The van der Waals surface area contributed by atoms with Crippen LogP contribution in [-0.2, 0) is 14.5 Å². The predicted octanol–water partition coefficient (Wildman–Crippen LogP) is 7.04. The average Bonchev–Trinajstić information content (AvgIpc) is 2.57. The highest BCUT2D eigenvalue weighted by Gasteiger charge is 2.45. The molecule has 29 heavy (non-hydrogen) atoms. The van der Waals surface area contributed by atoms with Gasteiger partial charge in [-0.1, -0.05) is 47.0 Å². The molecule has 0 aromatic carbocycles. The number of alkyl halides is 3. The summed E-state index contributed by atoms with van der Waals surface area (Å²) in [6, 6.07) is 0. The first kappa shape index (κ1) is 31.5. The molecule has 0 fully saturated rings. The zero-order valence-electron chi connectivity index (χ0n) is 19.3. The summed E-state index contributed by atoms with van der Waals surface area (Å²) < 4.78 is 65.6. The molecule has 0 aromatic heterocycles. The Bertz CT molecular complexity index is 501. The number of halogens is 3. The first-order valence-electron chi connectivity index (χ1n) is 10.7. The summed E-state index contributed by atoms with van der Waals surface area (Å²) in [6.07, 6.45) is 13.9. The molecule has 0 saturated carbocycles. The van der Waals surface area contributed by atoms with Crippen LogP contribution in [-0.4, -0.2) is 51.1 Å². The number of hydrogen-bond donors (Lipinski definition) is 0. The summed E-state index contributed by atoms with van der Waals surface area (Å²) >= 11 is 0. The molecule has 0 amide bonds. The molecule has 0 rings (SSSR count). The van der Waals surface area contributed by atoms with Gasteiger partial charge in [-0.05, 0) is 38.9 Å². The summed E-state index contributed by atoms with van der Waals surface area (Å²) in [7, 11) is -8.47. The predicted molar refractivity (Wildman–Crippen MR) is 121 cm³/mol. The van der Waals surface area contributed by atoms with Crippen molar-refractivity contribution < 1.29 is 30.6 Å². The van der Waals surface area contributed by atoms with Gasteiger partial charge in [0.2, 0.25) is 0 Å². The van der Waals surface area contributed by atoms with Gasteiger partial charge in [0.15, 0.2) is 24.3 Å². The van der Waals surface area contributed by atoms with Crippen LogP contribution >= 0.6 is 7.26 Å². The van der Waals surface area contributed by atoms with Crippen LogP contribution in [0.3, 0.4) is 0 Å². The molecule has 0 spiro atoms. The molecule has 0 saturated heterocycles. The Morgan fingerprint density at radius 2 is 1.21 bits per heavy atom. The fraction of sp³-hybridized carbons (Fsp3) is 1.00. The molecule has 4 nitrogen and oxygen atoms in total. The summed E-state index contributed by atoms with van der Waals surface area (Å²) in [6.45, 7) is 16.5. The second-order valence-corrected chi connectivity index (χ2v) is 18.6. The Balaban J connectivity index is 0. The van der Waals surface area contributed by atoms with Crippen LogP contribution in [0.25, 0.3) is 0 Å². The van der Waals surface area contributed by atoms with Crippen molar-refractivity contribution in [2.45, 2.75) is 104 Å². The van der Waals surface area contributed by atoms with Crippen LogP contribution < -0.4 is 0 Å². The topological polar surface area (TPSA) is 66.4 Å². The van der Waals surface area contributed by atoms with Crippen LogP contribution in [0.5, 0.6) is 0 Å². The van der Waals surface area contributed by atoms with Gasteiger partial charge in [0.1, 0.15) is 0 Å². The molecule has 0 heterocycles. The summed E-state index contributed by atoms with van der Waals surface area (Å²) in [5, 5.41) is 0. The monoisotopic (exact) mass is 482 g/mol. The normalized spacial score (nSPS) is 14.3. The lowest BCUT2D eigenvalue weighted by molar-refractivity contribution is -0.0517. The second-order valence-electron chi connectivity index (χ2n) is 8.44. The van der Waals surface area contributed by atoms with Crippen LogP contribution in [0.2, 0.25) is 19.6 Å². The van der Waals surface area contributed by atoms with Crippen LogP contribution in [0.1, 0.15) is 72.6 Å². The molecule has 0 aliphatic heterocycles. The Kier molecular flexibility index (Phi) is 15.6. The minimum atomic E-state index is -6.09. The lowest BCUT2D eigenvalue weighted by Crippen LogP contribution is -2.35. The summed E-state index contributed by atoms with van der Waals surface area (Å²) in [5.41, 5.74) is -5.65. The highest BCUT2D eigenvalue weighted by molar-refractivity contribution is 7.86. The third-order valence-corrected chi connectivity index (χ3v) is 11.7. The van der Waals surface area contributed by atoms with Crippen LogP contribution in [0, 0.1) is 0 Å². The largest absolute Gasteiger partial charge is 0.741 e. The zero-order valence-corrected chi connectivity index (χ0v) is 22.0. The van der Waals surface area contributed by atoms with E-state index in [1.54, 1.807) is 0 Å². The van der Waals surface area contributed by atoms with Gasteiger partial charge in [0.05, 0.1) is 18.5 Å². The SMILES string of the molecule is CCCC[P+](CCCC)(CCCC)C(CC)O[Si](C)(C)C.O=S(=O)([O-])C(F)(F)F. The lowest BCUT2D eigenvalue weighted by Gasteiger charge is -2.38. The molecule has 10 heteroatoms. The molecule has 0 aliphatic carbocycles. The maximum absolute atomic E-state index is 10.7. The average molecular weight is 483 g/mol. The number of rotatable bonds is 13. The summed E-state index contributed by atoms with van der Waals surface area (Å²) in [4.78, 5) is 0. The first-order valence-corrected chi connectivity index (χ1v) is 17.9. The van der Waals surface area contributed by atoms with Crippen LogP contribution in [0.4, 0.5) is 13.2 Å². The minimum Gasteiger partial charge on any atom is -0.741 e. The third kappa shape index (κ3) is 14.1. The molecule has 178 valence electrons. The Morgan fingerprint density at radius 1 is 0.897 bits per heavy atom. The van der Waals surface area contributed by atoms with E-state index in [9.17, 15) is 13.2 Å². The Morgan fingerprint density at radius 3 is 1.38 bits per heavy atom. The molecule has 0 aromatic rings. The lowest BCUT2D eigenvalue weighted by atomic mass is 10.4. The molecular weight excluding hydrogens is 440 g/mol. The summed E-state index contributed by atoms with van der Waals surface area (Å²) in [5.74, 6) is 0.591. The standard InChI is InChI=1S/C18H42OPSi.CHF3O3S/c1-8-12-15-20(16-13-9-2,17-14-10-3)18(11-4)19-21(5,6)7;2-1(3,4)8(5,6)7/h18H,8-17H2,1-7H3;(H,5,6,7)/q+1;/p-1. The highest BCUT2D eigenvalue weighted by Crippen LogP contribution is 2.66. The first-order chi connectivity index (χ1) is 13.1. The van der Waals surface area contributed by atoms with E-state index < -0.39 is 31.2 Å². The zero-order chi connectivity index (χ0) is 23.4. The van der Waals surface area contributed by atoms with Crippen molar-refractivity contribution in [3.05, 3.63) is 0 Å². The van der Waals surface area contributed by atoms with E-state index in [-0.39, 0.29) is 0 Å². The van der Waals surface area contributed by atoms with Gasteiger partial charge >= 0.3 is 5.51 Å². The Hall–Kier alpha value is 0.307. The van der Waals surface area contributed by atoms with Gasteiger partial charge in [0, 0.05) is 13.7 Å². The van der Waals surface area contributed by atoms with E-state index in [4.69, 9.17) is 17.4 Å². The van der Waals surface area contributed by atoms with E-state index in [1.165, 1.54) is 63.4 Å². The van der Waals surface area contributed by atoms with E-state index in [0.717, 1.165) is 0 Å². The molecule has 0 bridgehead atoms. The number of unbranched alkanes of at least 4 members (excludes halogenated alkanes) is 3. The highest BCUT2D eigenvalue weighted by atomic mass is 32.2. The van der Waals surface area contributed by atoms with Crippen molar-refractivity contribution in [2.75, 3.05) is 18.5 Å². The third-order valence-electron chi connectivity index (χ3n) is 4.60. The van der Waals surface area contributed by atoms with Gasteiger partial charge in [-0.25, -0.2) is 8.42 Å². The molecule has 0 radical (unpaired) electrons. The van der Waals surface area contributed by atoms with E-state index >= 15 is 0 Å². The minimum absolute atomic E-state index is 0.591. The van der Waals surface area contributed by atoms with E-state index in [0.29, 0.717) is 5.85 Å². The van der Waals surface area contributed by atoms with E-state index in [2.05, 4.69) is 47.3 Å². The molecule has 0 N–H and O–H groups in total. The molecular formula is C19H42F3O4PSSi. The fourth-order valence-electron chi connectivity index (χ4n) is 3.18. The van der Waals surface area contributed by atoms with Crippen molar-refractivity contribution >= 4 is 25.7 Å². The van der Waals surface area contributed by atoms with Gasteiger partial charge < -0.3 is 8.98 Å². The maximum atomic E-state index is 10.7. The van der Waals surface area contributed by atoms with Crippen molar-refractivity contribution in [2.24, 2.45) is 0 Å². The van der Waals surface area contributed by atoms with Gasteiger partial charge in [0.25, 0.3) is 0 Å². The van der Waals surface area contributed by atoms with Gasteiger partial charge in [-0.2, -0.15) is 13.2 Å². The van der Waals surface area contributed by atoms with Crippen molar-refractivity contribution in [1.29, 1.82) is 0 Å². The second kappa shape index (κ2) is 14.4. The quantitative estimate of drug-likeness (QED) is 0.122. The maximum Gasteiger partial charge on any atom is 0.485 e. The smallest absolute Gasteiger partial charge is 0.485 e. The van der Waals surface area contributed by atoms with Crippen molar-refractivity contribution in [3.63, 3.8) is 0 Å². The Labute approximate surface area is 178 Å². The molecule has 1 unspecified atom stereocenters. The molecule has 0 aliphatic rings. The van der Waals surface area contributed by atoms with Crippen LogP contribution in [0.15, 0.2) is 0 Å². The number of hydrogen-bond acceptors (Lipinski definition) is 4. The van der Waals surface area contributed by atoms with E-state index in [1.807, 2.05) is 0 Å². The van der Waals surface area contributed by atoms with Crippen molar-refractivity contribution in [3.8, 4) is 0 Å².